The van der Waals surface area contributed by atoms with Gasteiger partial charge >= 0.3 is 5.97 Å². The second kappa shape index (κ2) is 20.1. The summed E-state index contributed by atoms with van der Waals surface area (Å²) in [6.45, 7) is 10.8. The van der Waals surface area contributed by atoms with Crippen LogP contribution in [0.2, 0.25) is 19.1 Å². The van der Waals surface area contributed by atoms with E-state index in [-0.39, 0.29) is 5.97 Å². The highest BCUT2D eigenvalue weighted by Gasteiger charge is 2.14. The summed E-state index contributed by atoms with van der Waals surface area (Å²) >= 11 is 2.71. The lowest BCUT2D eigenvalue weighted by molar-refractivity contribution is -0.139. The van der Waals surface area contributed by atoms with Crippen LogP contribution in [0.4, 0.5) is 0 Å². The maximum atomic E-state index is 11.2. The van der Waals surface area contributed by atoms with E-state index in [0.717, 1.165) is 6.42 Å². The average Bonchev–Trinajstić information content (AvgIpc) is 2.65. The predicted molar refractivity (Wildman–Crippen MR) is 141 cm³/mol. The summed E-state index contributed by atoms with van der Waals surface area (Å²) in [5, 5.41) is 0. The molecule has 0 radical (unpaired) electrons. The normalized spacial score (nSPS) is 11.6. The molecule has 0 aromatic carbocycles. The molecule has 0 aromatic rings. The van der Waals surface area contributed by atoms with Crippen molar-refractivity contribution in [2.45, 2.75) is 135 Å². The molecule has 4 heteroatoms. The van der Waals surface area contributed by atoms with Crippen LogP contribution in [-0.4, -0.2) is 18.1 Å². The Bertz CT molecular complexity index is 404. The van der Waals surface area contributed by atoms with Crippen LogP contribution in [0.1, 0.15) is 116 Å². The molecular weight excluding hydrogens is 487 g/mol. The number of carbonyl (C=O) groups excluding carboxylic acids is 1. The molecule has 0 spiro atoms. The number of halogens is 1. The van der Waals surface area contributed by atoms with Gasteiger partial charge in [-0.3, -0.25) is 0 Å². The number of hydrogen-bond acceptors (Lipinski definition) is 2. The highest BCUT2D eigenvalue weighted by molar-refractivity contribution is 14.1. The van der Waals surface area contributed by atoms with Gasteiger partial charge in [-0.25, -0.2) is 4.79 Å². The zero-order valence-corrected chi connectivity index (χ0v) is 23.0. The van der Waals surface area contributed by atoms with E-state index in [4.69, 9.17) is 4.74 Å². The second-order valence-corrected chi connectivity index (χ2v) is 22.1. The Morgan fingerprint density at radius 3 is 1.31 bits per heavy atom. The second-order valence-electron chi connectivity index (χ2n) is 9.40. The number of rotatable bonds is 21. The van der Waals surface area contributed by atoms with E-state index in [1.54, 1.807) is 6.92 Å². The lowest BCUT2D eigenvalue weighted by Crippen LogP contribution is -2.13. The average molecular weight is 537 g/mol. The summed E-state index contributed by atoms with van der Waals surface area (Å²) in [7, 11) is 0. The van der Waals surface area contributed by atoms with E-state index >= 15 is 0 Å². The number of ether oxygens (including phenoxy) is 1. The third kappa shape index (κ3) is 24.3. The highest BCUT2D eigenvalue weighted by Crippen LogP contribution is 2.22. The number of hydrogen-bond donors (Lipinski definition) is 0. The lowest BCUT2D eigenvalue weighted by atomic mass is 10.0. The molecule has 0 saturated heterocycles. The van der Waals surface area contributed by atoms with Crippen molar-refractivity contribution in [3.8, 4) is 0 Å². The Kier molecular flexibility index (Phi) is 20.2. The fourth-order valence-electron chi connectivity index (χ4n) is 3.59. The van der Waals surface area contributed by atoms with E-state index in [0.29, 0.717) is 12.2 Å². The van der Waals surface area contributed by atoms with Crippen LogP contribution in [0, 0.1) is 0 Å². The van der Waals surface area contributed by atoms with Crippen molar-refractivity contribution in [3.05, 3.63) is 12.2 Å². The van der Waals surface area contributed by atoms with Crippen LogP contribution < -0.4 is 0 Å². The molecule has 0 aliphatic heterocycles. The molecule has 2 nitrogen and oxygen atoms in total. The van der Waals surface area contributed by atoms with Gasteiger partial charge in [0.15, 0.2) is 0 Å². The minimum absolute atomic E-state index is 0.252. The third-order valence-electron chi connectivity index (χ3n) is 5.50. The topological polar surface area (TPSA) is 26.3 Å². The standard InChI is InChI=1S/C25H49IO2Si/c1-24(2)25(27)28-22-20-18-16-14-12-10-8-6-5-7-9-11-13-15-17-19-21-23-29(3,4)26/h1,5-23H2,2-4H3. The number of esters is 1. The molecule has 172 valence electrons. The van der Waals surface area contributed by atoms with Crippen LogP contribution in [-0.2, 0) is 9.53 Å². The van der Waals surface area contributed by atoms with E-state index in [1.165, 1.54) is 109 Å². The van der Waals surface area contributed by atoms with Gasteiger partial charge in [0.2, 0.25) is 0 Å². The number of unbranched alkanes of at least 4 members (excludes halogenated alkanes) is 16. The lowest BCUT2D eigenvalue weighted by Gasteiger charge is -2.12. The first kappa shape index (κ1) is 29.2. The first-order valence-corrected chi connectivity index (χ1v) is 18.7. The van der Waals surface area contributed by atoms with Crippen LogP contribution in [0.5, 0.6) is 0 Å². The first-order valence-electron chi connectivity index (χ1n) is 12.3. The molecule has 0 atom stereocenters. The Morgan fingerprint density at radius 2 is 1.00 bits per heavy atom. The highest BCUT2D eigenvalue weighted by atomic mass is 127. The molecule has 0 bridgehead atoms. The SMILES string of the molecule is C=C(C)C(=O)OCCCCCCCCCCCCCCCCCCC[Si](C)(C)I. The molecule has 0 aliphatic carbocycles. The monoisotopic (exact) mass is 536 g/mol. The van der Waals surface area contributed by atoms with E-state index in [1.807, 2.05) is 0 Å². The smallest absolute Gasteiger partial charge is 0.333 e. The molecule has 0 amide bonds. The third-order valence-corrected chi connectivity index (χ3v) is 8.66. The van der Waals surface area contributed by atoms with Crippen molar-refractivity contribution in [2.75, 3.05) is 6.61 Å². The maximum absolute atomic E-state index is 11.2. The van der Waals surface area contributed by atoms with Crippen LogP contribution in [0.3, 0.4) is 0 Å². The summed E-state index contributed by atoms with van der Waals surface area (Å²) in [5.74, 6) is -0.252. The Hall–Kier alpha value is 0.157. The summed E-state index contributed by atoms with van der Waals surface area (Å²) in [6, 6.07) is 1.50. The van der Waals surface area contributed by atoms with Gasteiger partial charge in [-0.05, 0) is 19.4 Å². The van der Waals surface area contributed by atoms with Gasteiger partial charge in [-0.15, -0.1) is 21.8 Å². The quantitative estimate of drug-likeness (QED) is 0.0365. The minimum atomic E-state index is -0.823. The minimum Gasteiger partial charge on any atom is -0.462 e. The van der Waals surface area contributed by atoms with Gasteiger partial charge in [-0.1, -0.05) is 122 Å². The van der Waals surface area contributed by atoms with Gasteiger partial charge in [0.25, 0.3) is 0 Å². The summed E-state index contributed by atoms with van der Waals surface area (Å²) in [6.07, 6.45) is 23.4. The Labute approximate surface area is 196 Å². The van der Waals surface area contributed by atoms with Gasteiger partial charge in [-0.2, -0.15) is 0 Å². The summed E-state index contributed by atoms with van der Waals surface area (Å²) in [4.78, 5) is 11.2. The van der Waals surface area contributed by atoms with Crippen LogP contribution in [0.25, 0.3) is 0 Å². The fourth-order valence-corrected chi connectivity index (χ4v) is 5.82. The predicted octanol–water partition coefficient (Wildman–Crippen LogP) is 9.38. The van der Waals surface area contributed by atoms with Gasteiger partial charge < -0.3 is 4.74 Å². The largest absolute Gasteiger partial charge is 0.462 e. The van der Waals surface area contributed by atoms with Crippen molar-refractivity contribution in [2.24, 2.45) is 0 Å². The van der Waals surface area contributed by atoms with E-state index in [9.17, 15) is 4.79 Å². The van der Waals surface area contributed by atoms with Crippen molar-refractivity contribution in [1.29, 1.82) is 0 Å². The molecule has 0 unspecified atom stereocenters. The Balaban J connectivity index is 3.10. The van der Waals surface area contributed by atoms with E-state index < -0.39 is 5.57 Å². The summed E-state index contributed by atoms with van der Waals surface area (Å²) in [5.41, 5.74) is -0.330. The molecule has 0 saturated carbocycles. The molecule has 0 rings (SSSR count). The maximum Gasteiger partial charge on any atom is 0.333 e. The molecule has 0 heterocycles. The molecule has 0 N–H and O–H groups in total. The van der Waals surface area contributed by atoms with Crippen LogP contribution in [0.15, 0.2) is 12.2 Å². The molecule has 0 aliphatic rings. The van der Waals surface area contributed by atoms with Crippen molar-refractivity contribution in [1.82, 2.24) is 0 Å². The van der Waals surface area contributed by atoms with E-state index in [2.05, 4.69) is 41.5 Å². The van der Waals surface area contributed by atoms with Gasteiger partial charge in [0.1, 0.15) is 5.57 Å². The van der Waals surface area contributed by atoms with Crippen molar-refractivity contribution in [3.63, 3.8) is 0 Å². The van der Waals surface area contributed by atoms with Gasteiger partial charge in [0.05, 0.1) is 6.61 Å². The first-order chi connectivity index (χ1) is 13.8. The van der Waals surface area contributed by atoms with Gasteiger partial charge in [0, 0.05) is 5.57 Å². The van der Waals surface area contributed by atoms with Crippen molar-refractivity contribution >= 4 is 33.3 Å². The zero-order chi connectivity index (χ0) is 21.8. The molecule has 0 fully saturated rings. The molecule has 0 aromatic heterocycles. The zero-order valence-electron chi connectivity index (χ0n) is 19.8. The molecule has 29 heavy (non-hydrogen) atoms. The fraction of sp³-hybridized carbons (Fsp3) is 0.880. The Morgan fingerprint density at radius 1 is 0.690 bits per heavy atom. The molecular formula is C25H49IO2Si. The van der Waals surface area contributed by atoms with Crippen molar-refractivity contribution < 1.29 is 9.53 Å². The van der Waals surface area contributed by atoms with Crippen LogP contribution >= 0.6 is 21.8 Å². The number of carbonyl (C=O) groups is 1. The summed E-state index contributed by atoms with van der Waals surface area (Å²) < 4.78 is 5.11.